The van der Waals surface area contributed by atoms with Crippen LogP contribution < -0.4 is 14.9 Å². The second-order valence-electron chi connectivity index (χ2n) is 4.57. The summed E-state index contributed by atoms with van der Waals surface area (Å²) in [7, 11) is 2.79. The van der Waals surface area contributed by atoms with Crippen molar-refractivity contribution in [1.82, 2.24) is 0 Å². The number of hydrogen-bond donors (Lipinski definition) is 3. The van der Waals surface area contributed by atoms with E-state index in [2.05, 4.69) is 0 Å². The highest BCUT2D eigenvalue weighted by atomic mass is 16.5. The van der Waals surface area contributed by atoms with Crippen LogP contribution in [-0.4, -0.2) is 29.5 Å². The fourth-order valence-electron chi connectivity index (χ4n) is 2.37. The Balaban J connectivity index is 2.60. The molecule has 7 heteroatoms. The van der Waals surface area contributed by atoms with Gasteiger partial charge in [-0.3, -0.25) is 4.79 Å². The third-order valence-corrected chi connectivity index (χ3v) is 3.40. The standard InChI is InChI=1S/C15H12O7/c1-20-8-4-3-7-11(15(8)21-2)13(18)10-9(22-7)5-6(16)12(17)14(10)19/h3-5,16-17,19H,1-2H3. The molecule has 0 amide bonds. The minimum Gasteiger partial charge on any atom is -0.504 e. The molecule has 22 heavy (non-hydrogen) atoms. The Labute approximate surface area is 123 Å². The first kappa shape index (κ1) is 13.9. The number of hydrogen-bond acceptors (Lipinski definition) is 7. The van der Waals surface area contributed by atoms with Crippen molar-refractivity contribution < 1.29 is 29.2 Å². The topological polar surface area (TPSA) is 109 Å². The van der Waals surface area contributed by atoms with Gasteiger partial charge in [-0.1, -0.05) is 0 Å². The molecule has 2 aromatic carbocycles. The molecule has 1 heterocycles. The Morgan fingerprint density at radius 2 is 1.68 bits per heavy atom. The number of ether oxygens (including phenoxy) is 2. The van der Waals surface area contributed by atoms with Crippen LogP contribution in [0, 0.1) is 0 Å². The molecule has 0 aliphatic rings. The lowest BCUT2D eigenvalue weighted by molar-refractivity contribution is 0.358. The van der Waals surface area contributed by atoms with E-state index in [9.17, 15) is 20.1 Å². The average molecular weight is 304 g/mol. The highest BCUT2D eigenvalue weighted by Gasteiger charge is 2.21. The van der Waals surface area contributed by atoms with Crippen LogP contribution in [0.3, 0.4) is 0 Å². The van der Waals surface area contributed by atoms with Crippen molar-refractivity contribution in [3.8, 4) is 28.7 Å². The zero-order valence-electron chi connectivity index (χ0n) is 11.7. The highest BCUT2D eigenvalue weighted by Crippen LogP contribution is 2.42. The van der Waals surface area contributed by atoms with E-state index in [-0.39, 0.29) is 27.7 Å². The van der Waals surface area contributed by atoms with E-state index in [1.807, 2.05) is 0 Å². The first-order valence-electron chi connectivity index (χ1n) is 6.25. The van der Waals surface area contributed by atoms with Gasteiger partial charge in [0, 0.05) is 6.07 Å². The molecular weight excluding hydrogens is 292 g/mol. The molecule has 3 aromatic rings. The molecule has 0 unspecified atom stereocenters. The molecule has 0 saturated heterocycles. The minimum absolute atomic E-state index is 0.0579. The summed E-state index contributed by atoms with van der Waals surface area (Å²) in [6, 6.07) is 4.14. The molecular formula is C15H12O7. The molecule has 0 bridgehead atoms. The van der Waals surface area contributed by atoms with Crippen LogP contribution in [0.1, 0.15) is 0 Å². The normalized spacial score (nSPS) is 11.0. The van der Waals surface area contributed by atoms with Gasteiger partial charge >= 0.3 is 0 Å². The van der Waals surface area contributed by atoms with Crippen molar-refractivity contribution >= 4 is 21.9 Å². The number of phenols is 3. The monoisotopic (exact) mass is 304 g/mol. The lowest BCUT2D eigenvalue weighted by atomic mass is 10.1. The number of aromatic hydroxyl groups is 3. The number of phenolic OH excluding ortho intramolecular Hbond substituents is 3. The zero-order chi connectivity index (χ0) is 16.0. The summed E-state index contributed by atoms with van der Waals surface area (Å²) in [5, 5.41) is 28.9. The van der Waals surface area contributed by atoms with Gasteiger partial charge in [-0.15, -0.1) is 0 Å². The average Bonchev–Trinajstić information content (AvgIpc) is 2.51. The molecule has 3 N–H and O–H groups in total. The number of benzene rings is 2. The third kappa shape index (κ3) is 1.72. The summed E-state index contributed by atoms with van der Waals surface area (Å²) in [5.74, 6) is -1.66. The van der Waals surface area contributed by atoms with Gasteiger partial charge in [0.15, 0.2) is 23.0 Å². The highest BCUT2D eigenvalue weighted by molar-refractivity contribution is 5.98. The lowest BCUT2D eigenvalue weighted by Crippen LogP contribution is -2.05. The van der Waals surface area contributed by atoms with Gasteiger partial charge in [-0.05, 0) is 12.1 Å². The Morgan fingerprint density at radius 3 is 2.32 bits per heavy atom. The van der Waals surface area contributed by atoms with E-state index in [1.165, 1.54) is 20.3 Å². The first-order chi connectivity index (χ1) is 10.5. The molecule has 0 spiro atoms. The van der Waals surface area contributed by atoms with Gasteiger partial charge in [0.05, 0.1) is 14.2 Å². The second kappa shape index (κ2) is 4.73. The van der Waals surface area contributed by atoms with Gasteiger partial charge in [0.1, 0.15) is 21.9 Å². The lowest BCUT2D eigenvalue weighted by Gasteiger charge is -2.11. The summed E-state index contributed by atoms with van der Waals surface area (Å²) in [5.41, 5.74) is -0.475. The van der Waals surface area contributed by atoms with E-state index < -0.39 is 22.7 Å². The zero-order valence-corrected chi connectivity index (χ0v) is 11.7. The molecule has 0 saturated carbocycles. The Kier molecular flexibility index (Phi) is 2.98. The van der Waals surface area contributed by atoms with Crippen molar-refractivity contribution in [2.75, 3.05) is 14.2 Å². The first-order valence-corrected chi connectivity index (χ1v) is 6.25. The molecule has 1 aromatic heterocycles. The Bertz CT molecular complexity index is 956. The van der Waals surface area contributed by atoms with E-state index in [0.717, 1.165) is 6.07 Å². The fourth-order valence-corrected chi connectivity index (χ4v) is 2.37. The Morgan fingerprint density at radius 1 is 0.955 bits per heavy atom. The predicted octanol–water partition coefficient (Wildman–Crippen LogP) is 2.08. The van der Waals surface area contributed by atoms with Crippen molar-refractivity contribution in [2.45, 2.75) is 0 Å². The van der Waals surface area contributed by atoms with Gasteiger partial charge in [-0.25, -0.2) is 0 Å². The van der Waals surface area contributed by atoms with Gasteiger partial charge in [0.25, 0.3) is 0 Å². The van der Waals surface area contributed by atoms with E-state index in [4.69, 9.17) is 13.9 Å². The van der Waals surface area contributed by atoms with Crippen molar-refractivity contribution in [1.29, 1.82) is 0 Å². The molecule has 3 rings (SSSR count). The number of fused-ring (bicyclic) bond motifs is 2. The van der Waals surface area contributed by atoms with Crippen LogP contribution in [0.15, 0.2) is 27.4 Å². The molecule has 0 radical (unpaired) electrons. The van der Waals surface area contributed by atoms with E-state index in [1.54, 1.807) is 6.07 Å². The summed E-state index contributed by atoms with van der Waals surface area (Å²) in [6.45, 7) is 0. The van der Waals surface area contributed by atoms with Crippen LogP contribution in [0.2, 0.25) is 0 Å². The van der Waals surface area contributed by atoms with Crippen LogP contribution in [-0.2, 0) is 0 Å². The van der Waals surface area contributed by atoms with Crippen LogP contribution >= 0.6 is 0 Å². The maximum Gasteiger partial charge on any atom is 0.208 e. The summed E-state index contributed by atoms with van der Waals surface area (Å²) in [6.07, 6.45) is 0. The maximum atomic E-state index is 12.7. The van der Waals surface area contributed by atoms with Gasteiger partial charge < -0.3 is 29.2 Å². The van der Waals surface area contributed by atoms with Crippen LogP contribution in [0.4, 0.5) is 0 Å². The van der Waals surface area contributed by atoms with E-state index >= 15 is 0 Å². The van der Waals surface area contributed by atoms with Crippen LogP contribution in [0.5, 0.6) is 28.7 Å². The van der Waals surface area contributed by atoms with Crippen molar-refractivity contribution in [2.24, 2.45) is 0 Å². The quantitative estimate of drug-likeness (QED) is 0.491. The molecule has 0 atom stereocenters. The van der Waals surface area contributed by atoms with Crippen molar-refractivity contribution in [3.05, 3.63) is 28.4 Å². The smallest absolute Gasteiger partial charge is 0.208 e. The third-order valence-electron chi connectivity index (χ3n) is 3.40. The molecule has 0 aliphatic carbocycles. The number of methoxy groups -OCH3 is 2. The van der Waals surface area contributed by atoms with Crippen molar-refractivity contribution in [3.63, 3.8) is 0 Å². The Hall–Kier alpha value is -3.09. The van der Waals surface area contributed by atoms with Gasteiger partial charge in [-0.2, -0.15) is 0 Å². The predicted molar refractivity (Wildman–Crippen MR) is 78.1 cm³/mol. The summed E-state index contributed by atoms with van der Waals surface area (Å²) < 4.78 is 15.8. The fraction of sp³-hybridized carbons (Fsp3) is 0.133. The summed E-state index contributed by atoms with van der Waals surface area (Å²) >= 11 is 0. The SMILES string of the molecule is COc1ccc2oc3cc(O)c(O)c(O)c3c(=O)c2c1OC. The number of rotatable bonds is 2. The molecule has 114 valence electrons. The second-order valence-corrected chi connectivity index (χ2v) is 4.57. The van der Waals surface area contributed by atoms with E-state index in [0.29, 0.717) is 5.75 Å². The molecule has 7 nitrogen and oxygen atoms in total. The van der Waals surface area contributed by atoms with Gasteiger partial charge in [0.2, 0.25) is 11.2 Å². The van der Waals surface area contributed by atoms with Crippen LogP contribution in [0.25, 0.3) is 21.9 Å². The molecule has 0 fully saturated rings. The minimum atomic E-state index is -0.791. The largest absolute Gasteiger partial charge is 0.504 e. The molecule has 0 aliphatic heterocycles. The maximum absolute atomic E-state index is 12.7. The summed E-state index contributed by atoms with van der Waals surface area (Å²) in [4.78, 5) is 12.7.